The molecule has 2 heteroatoms. The normalized spacial score (nSPS) is 13.4. The first-order chi connectivity index (χ1) is 8.17. The van der Waals surface area contributed by atoms with Gasteiger partial charge in [-0.15, -0.1) is 0 Å². The molecule has 0 spiro atoms. The van der Waals surface area contributed by atoms with Crippen LogP contribution in [0.15, 0.2) is 46.4 Å². The van der Waals surface area contributed by atoms with Gasteiger partial charge in [-0.05, 0) is 38.5 Å². The quantitative estimate of drug-likeness (QED) is 0.538. The first-order valence-corrected chi connectivity index (χ1v) is 5.98. The third-order valence-electron chi connectivity index (χ3n) is 2.39. The molecule has 1 rings (SSSR count). The summed E-state index contributed by atoms with van der Waals surface area (Å²) in [5.74, 6) is 0.870. The summed E-state index contributed by atoms with van der Waals surface area (Å²) < 4.78 is 0. The molecule has 1 aromatic rings. The molecule has 0 aliphatic rings. The Labute approximate surface area is 104 Å². The standard InChI is InChI=1S/C15H20N2/c1-5-9-13(4)16-15(6-2)17-14-11-8-7-10-12(14)3/h5,7-11H,6H2,1-4H3/b9-5-,16-13?,17-15?. The van der Waals surface area contributed by atoms with Crippen LogP contribution in [0.1, 0.15) is 32.8 Å². The molecular weight excluding hydrogens is 208 g/mol. The molecule has 0 aliphatic heterocycles. The Morgan fingerprint density at radius 2 is 2.00 bits per heavy atom. The molecule has 2 nitrogen and oxygen atoms in total. The second kappa shape index (κ2) is 6.79. The lowest BCUT2D eigenvalue weighted by atomic mass is 10.2. The Hall–Kier alpha value is -1.70. The number of rotatable bonds is 3. The minimum absolute atomic E-state index is 0.837. The third-order valence-corrected chi connectivity index (χ3v) is 2.39. The van der Waals surface area contributed by atoms with Crippen molar-refractivity contribution in [3.63, 3.8) is 0 Å². The predicted octanol–water partition coefficient (Wildman–Crippen LogP) is 4.47. The van der Waals surface area contributed by atoms with E-state index in [4.69, 9.17) is 0 Å². The van der Waals surface area contributed by atoms with Crippen molar-refractivity contribution in [1.82, 2.24) is 0 Å². The van der Waals surface area contributed by atoms with E-state index in [2.05, 4.69) is 29.9 Å². The Morgan fingerprint density at radius 1 is 1.29 bits per heavy atom. The van der Waals surface area contributed by atoms with Crippen LogP contribution in [0.3, 0.4) is 0 Å². The molecule has 0 N–H and O–H groups in total. The van der Waals surface area contributed by atoms with Crippen molar-refractivity contribution in [1.29, 1.82) is 0 Å². The van der Waals surface area contributed by atoms with E-state index in [0.29, 0.717) is 0 Å². The second-order valence-electron chi connectivity index (χ2n) is 3.92. The maximum atomic E-state index is 4.59. The van der Waals surface area contributed by atoms with Crippen molar-refractivity contribution in [2.24, 2.45) is 9.98 Å². The van der Waals surface area contributed by atoms with Gasteiger partial charge in [0.15, 0.2) is 0 Å². The number of para-hydroxylation sites is 1. The van der Waals surface area contributed by atoms with Gasteiger partial charge in [-0.3, -0.25) is 0 Å². The highest BCUT2D eigenvalue weighted by Gasteiger charge is 1.98. The van der Waals surface area contributed by atoms with Crippen molar-refractivity contribution >= 4 is 17.2 Å². The summed E-state index contributed by atoms with van der Waals surface area (Å²) >= 11 is 0. The molecule has 0 heterocycles. The molecule has 0 fully saturated rings. The summed E-state index contributed by atoms with van der Waals surface area (Å²) in [6.45, 7) is 8.12. The molecule has 17 heavy (non-hydrogen) atoms. The monoisotopic (exact) mass is 228 g/mol. The molecule has 0 radical (unpaired) electrons. The third kappa shape index (κ3) is 4.35. The number of amidine groups is 1. The number of aryl methyl sites for hydroxylation is 1. The van der Waals surface area contributed by atoms with E-state index in [1.807, 2.05) is 44.2 Å². The lowest BCUT2D eigenvalue weighted by Gasteiger charge is -2.02. The fourth-order valence-corrected chi connectivity index (χ4v) is 1.49. The minimum atomic E-state index is 0.837. The zero-order valence-corrected chi connectivity index (χ0v) is 11.1. The van der Waals surface area contributed by atoms with Crippen molar-refractivity contribution in [2.45, 2.75) is 34.1 Å². The largest absolute Gasteiger partial charge is 0.238 e. The Kier molecular flexibility index (Phi) is 5.34. The van der Waals surface area contributed by atoms with Crippen LogP contribution in [0.4, 0.5) is 5.69 Å². The van der Waals surface area contributed by atoms with Crippen LogP contribution in [-0.2, 0) is 0 Å². The van der Waals surface area contributed by atoms with Crippen molar-refractivity contribution < 1.29 is 0 Å². The molecule has 0 aromatic heterocycles. The Balaban J connectivity index is 3.03. The zero-order chi connectivity index (χ0) is 12.7. The van der Waals surface area contributed by atoms with E-state index in [9.17, 15) is 0 Å². The number of hydrogen-bond acceptors (Lipinski definition) is 1. The van der Waals surface area contributed by atoms with Crippen molar-refractivity contribution in [3.8, 4) is 0 Å². The van der Waals surface area contributed by atoms with Crippen LogP contribution < -0.4 is 0 Å². The Bertz CT molecular complexity index is 454. The van der Waals surface area contributed by atoms with Gasteiger partial charge in [-0.25, -0.2) is 9.98 Å². The molecule has 0 amide bonds. The van der Waals surface area contributed by atoms with Crippen LogP contribution in [0.25, 0.3) is 0 Å². The van der Waals surface area contributed by atoms with Crippen molar-refractivity contribution in [2.75, 3.05) is 0 Å². The highest BCUT2D eigenvalue weighted by Crippen LogP contribution is 2.18. The van der Waals surface area contributed by atoms with E-state index in [1.54, 1.807) is 0 Å². The summed E-state index contributed by atoms with van der Waals surface area (Å²) in [5.41, 5.74) is 3.17. The molecule has 0 atom stereocenters. The van der Waals surface area contributed by atoms with Gasteiger partial charge in [0.05, 0.1) is 5.69 Å². The van der Waals surface area contributed by atoms with Crippen molar-refractivity contribution in [3.05, 3.63) is 42.0 Å². The van der Waals surface area contributed by atoms with Gasteiger partial charge in [0, 0.05) is 12.1 Å². The maximum absolute atomic E-state index is 4.59. The van der Waals surface area contributed by atoms with Gasteiger partial charge in [0.1, 0.15) is 5.84 Å². The van der Waals surface area contributed by atoms with E-state index in [1.165, 1.54) is 5.56 Å². The Morgan fingerprint density at radius 3 is 2.59 bits per heavy atom. The number of allylic oxidation sites excluding steroid dienone is 2. The molecule has 90 valence electrons. The number of benzene rings is 1. The van der Waals surface area contributed by atoms with Gasteiger partial charge >= 0.3 is 0 Å². The highest BCUT2D eigenvalue weighted by atomic mass is 14.9. The van der Waals surface area contributed by atoms with Gasteiger partial charge in [-0.1, -0.05) is 31.2 Å². The number of aliphatic imine (C=N–C) groups is 2. The van der Waals surface area contributed by atoms with Gasteiger partial charge in [0.2, 0.25) is 0 Å². The average Bonchev–Trinajstić information content (AvgIpc) is 2.31. The average molecular weight is 228 g/mol. The SMILES string of the molecule is C/C=C\C(C)=NC(CC)=Nc1ccccc1C. The lowest BCUT2D eigenvalue weighted by molar-refractivity contribution is 1.23. The molecule has 0 unspecified atom stereocenters. The summed E-state index contributed by atoms with van der Waals surface area (Å²) in [6.07, 6.45) is 4.81. The lowest BCUT2D eigenvalue weighted by Crippen LogP contribution is -1.96. The van der Waals surface area contributed by atoms with E-state index < -0.39 is 0 Å². The van der Waals surface area contributed by atoms with Gasteiger partial charge < -0.3 is 0 Å². The van der Waals surface area contributed by atoms with E-state index in [0.717, 1.165) is 23.7 Å². The first kappa shape index (κ1) is 13.4. The van der Waals surface area contributed by atoms with Crippen LogP contribution in [-0.4, -0.2) is 11.5 Å². The molecular formula is C15H20N2. The topological polar surface area (TPSA) is 24.7 Å². The van der Waals surface area contributed by atoms with E-state index in [-0.39, 0.29) is 0 Å². The second-order valence-corrected chi connectivity index (χ2v) is 3.92. The molecule has 1 aromatic carbocycles. The molecule has 0 aliphatic carbocycles. The fraction of sp³-hybridized carbons (Fsp3) is 0.333. The summed E-state index contributed by atoms with van der Waals surface area (Å²) in [6, 6.07) is 8.11. The van der Waals surface area contributed by atoms with Crippen LogP contribution in [0, 0.1) is 6.92 Å². The van der Waals surface area contributed by atoms with Gasteiger partial charge in [-0.2, -0.15) is 0 Å². The van der Waals surface area contributed by atoms with Crippen LogP contribution >= 0.6 is 0 Å². The molecule has 0 bridgehead atoms. The van der Waals surface area contributed by atoms with Crippen LogP contribution in [0.2, 0.25) is 0 Å². The van der Waals surface area contributed by atoms with Gasteiger partial charge in [0.25, 0.3) is 0 Å². The number of hydrogen-bond donors (Lipinski definition) is 0. The summed E-state index contributed by atoms with van der Waals surface area (Å²) in [4.78, 5) is 9.10. The van der Waals surface area contributed by atoms with Crippen LogP contribution in [0.5, 0.6) is 0 Å². The summed E-state index contributed by atoms with van der Waals surface area (Å²) in [5, 5.41) is 0. The van der Waals surface area contributed by atoms with E-state index >= 15 is 0 Å². The number of nitrogens with zero attached hydrogens (tertiary/aromatic N) is 2. The minimum Gasteiger partial charge on any atom is -0.238 e. The maximum Gasteiger partial charge on any atom is 0.128 e. The first-order valence-electron chi connectivity index (χ1n) is 5.98. The predicted molar refractivity (Wildman–Crippen MR) is 76.5 cm³/mol. The molecule has 0 saturated heterocycles. The highest BCUT2D eigenvalue weighted by molar-refractivity contribution is 6.03. The summed E-state index contributed by atoms with van der Waals surface area (Å²) in [7, 11) is 0. The smallest absolute Gasteiger partial charge is 0.128 e. The molecule has 0 saturated carbocycles. The zero-order valence-electron chi connectivity index (χ0n) is 11.1. The fourth-order valence-electron chi connectivity index (χ4n) is 1.49.